The minimum Gasteiger partial charge on any atom is -0.204 e. The van der Waals surface area contributed by atoms with Crippen LogP contribution in [0.4, 0.5) is 8.78 Å². The van der Waals surface area contributed by atoms with Crippen molar-refractivity contribution in [3.8, 4) is 0 Å². The van der Waals surface area contributed by atoms with Gasteiger partial charge in [0.25, 0.3) is 0 Å². The molecule has 2 fully saturated rings. The highest BCUT2D eigenvalue weighted by atomic mass is 19.2. The second-order valence-electron chi connectivity index (χ2n) is 9.06. The van der Waals surface area contributed by atoms with E-state index in [2.05, 4.69) is 6.92 Å². The summed E-state index contributed by atoms with van der Waals surface area (Å²) in [5.41, 5.74) is 1.73. The first-order chi connectivity index (χ1) is 12.2. The molecule has 1 aromatic rings. The second kappa shape index (κ2) is 7.37. The summed E-state index contributed by atoms with van der Waals surface area (Å²) in [6, 6.07) is 3.16. The molecule has 0 amide bonds. The number of hydrogen-bond acceptors (Lipinski definition) is 0. The maximum absolute atomic E-state index is 14.0. The Morgan fingerprint density at radius 2 is 1.60 bits per heavy atom. The summed E-state index contributed by atoms with van der Waals surface area (Å²) in [6.45, 7) is 2.32. The molecule has 0 radical (unpaired) electrons. The topological polar surface area (TPSA) is 0 Å². The molecule has 0 spiro atoms. The summed E-state index contributed by atoms with van der Waals surface area (Å²) in [7, 11) is 0. The molecule has 5 atom stereocenters. The van der Waals surface area contributed by atoms with E-state index >= 15 is 0 Å². The number of fused-ring (bicyclic) bond motifs is 2. The van der Waals surface area contributed by atoms with Crippen LogP contribution in [-0.4, -0.2) is 0 Å². The summed E-state index contributed by atoms with van der Waals surface area (Å²) in [5, 5.41) is 0. The molecular formula is C23H32F2. The van der Waals surface area contributed by atoms with Gasteiger partial charge in [0.15, 0.2) is 11.6 Å². The molecule has 0 heterocycles. The van der Waals surface area contributed by atoms with Gasteiger partial charge in [0, 0.05) is 0 Å². The minimum absolute atomic E-state index is 0.589. The highest BCUT2D eigenvalue weighted by Gasteiger charge is 2.38. The van der Waals surface area contributed by atoms with Gasteiger partial charge in [-0.3, -0.25) is 0 Å². The third kappa shape index (κ3) is 3.51. The molecule has 2 heteroatoms. The Bertz CT molecular complexity index is 608. The minimum atomic E-state index is -0.679. The van der Waals surface area contributed by atoms with Gasteiger partial charge >= 0.3 is 0 Å². The molecular weight excluding hydrogens is 314 g/mol. The highest BCUT2D eigenvalue weighted by molar-refractivity contribution is 5.32. The number of hydrogen-bond donors (Lipinski definition) is 0. The van der Waals surface area contributed by atoms with E-state index in [1.807, 2.05) is 6.07 Å². The highest BCUT2D eigenvalue weighted by Crippen LogP contribution is 2.49. The lowest BCUT2D eigenvalue weighted by molar-refractivity contribution is 0.0693. The normalized spacial score (nSPS) is 35.1. The predicted octanol–water partition coefficient (Wildman–Crippen LogP) is 6.70. The molecule has 2 saturated carbocycles. The van der Waals surface area contributed by atoms with Crippen molar-refractivity contribution in [1.29, 1.82) is 0 Å². The number of rotatable bonds is 3. The molecule has 4 rings (SSSR count). The zero-order valence-electron chi connectivity index (χ0n) is 15.6. The van der Waals surface area contributed by atoms with Gasteiger partial charge in [-0.15, -0.1) is 0 Å². The van der Waals surface area contributed by atoms with Crippen LogP contribution in [0.5, 0.6) is 0 Å². The van der Waals surface area contributed by atoms with Gasteiger partial charge in [0.05, 0.1) is 0 Å². The Balaban J connectivity index is 1.39. The summed E-state index contributed by atoms with van der Waals surface area (Å²) in [4.78, 5) is 0. The van der Waals surface area contributed by atoms with Crippen LogP contribution in [0, 0.1) is 41.2 Å². The van der Waals surface area contributed by atoms with Crippen molar-refractivity contribution in [2.75, 3.05) is 0 Å². The fourth-order valence-corrected chi connectivity index (χ4v) is 6.33. The summed E-state index contributed by atoms with van der Waals surface area (Å²) >= 11 is 0. The molecule has 3 aliphatic rings. The average molecular weight is 347 g/mol. The fraction of sp³-hybridized carbons (Fsp3) is 0.739. The fourth-order valence-electron chi connectivity index (χ4n) is 6.33. The lowest BCUT2D eigenvalue weighted by atomic mass is 9.61. The Morgan fingerprint density at radius 3 is 2.40 bits per heavy atom. The van der Waals surface area contributed by atoms with E-state index in [-0.39, 0.29) is 0 Å². The average Bonchev–Trinajstić information content (AvgIpc) is 2.64. The molecule has 0 N–H and O–H groups in total. The van der Waals surface area contributed by atoms with Crippen molar-refractivity contribution >= 4 is 0 Å². The van der Waals surface area contributed by atoms with Crippen molar-refractivity contribution in [3.05, 3.63) is 34.9 Å². The third-order valence-electron chi connectivity index (χ3n) is 7.67. The molecule has 0 bridgehead atoms. The summed E-state index contributed by atoms with van der Waals surface area (Å²) in [6.07, 6.45) is 14.0. The predicted molar refractivity (Wildman–Crippen MR) is 98.4 cm³/mol. The lowest BCUT2D eigenvalue weighted by Crippen LogP contribution is -2.35. The molecule has 25 heavy (non-hydrogen) atoms. The summed E-state index contributed by atoms with van der Waals surface area (Å²) < 4.78 is 27.5. The van der Waals surface area contributed by atoms with Crippen molar-refractivity contribution in [2.45, 2.75) is 77.6 Å². The van der Waals surface area contributed by atoms with Crippen LogP contribution in [0.3, 0.4) is 0 Å². The molecule has 138 valence electrons. The monoisotopic (exact) mass is 346 g/mol. The zero-order valence-corrected chi connectivity index (χ0v) is 15.6. The van der Waals surface area contributed by atoms with Crippen molar-refractivity contribution in [1.82, 2.24) is 0 Å². The smallest absolute Gasteiger partial charge is 0.162 e. The van der Waals surface area contributed by atoms with Crippen molar-refractivity contribution in [2.24, 2.45) is 29.6 Å². The molecule has 0 aliphatic heterocycles. The Hall–Kier alpha value is -0.920. The van der Waals surface area contributed by atoms with Crippen LogP contribution in [0.2, 0.25) is 0 Å². The quantitative estimate of drug-likeness (QED) is 0.571. The van der Waals surface area contributed by atoms with Gasteiger partial charge in [-0.05, 0) is 98.1 Å². The van der Waals surface area contributed by atoms with E-state index < -0.39 is 11.6 Å². The van der Waals surface area contributed by atoms with E-state index in [4.69, 9.17) is 0 Å². The Labute approximate surface area is 151 Å². The molecule has 5 unspecified atom stereocenters. The van der Waals surface area contributed by atoms with E-state index in [0.29, 0.717) is 11.5 Å². The van der Waals surface area contributed by atoms with Gasteiger partial charge in [0.1, 0.15) is 0 Å². The van der Waals surface area contributed by atoms with Crippen LogP contribution in [0.1, 0.15) is 75.8 Å². The third-order valence-corrected chi connectivity index (χ3v) is 7.67. The van der Waals surface area contributed by atoms with Crippen LogP contribution < -0.4 is 0 Å². The van der Waals surface area contributed by atoms with Gasteiger partial charge in [-0.1, -0.05) is 32.3 Å². The number of halogens is 2. The lowest BCUT2D eigenvalue weighted by Gasteiger charge is -2.45. The van der Waals surface area contributed by atoms with E-state index in [1.165, 1.54) is 57.4 Å². The molecule has 0 aromatic heterocycles. The Kier molecular flexibility index (Phi) is 5.15. The molecule has 3 aliphatic carbocycles. The van der Waals surface area contributed by atoms with Crippen molar-refractivity contribution in [3.63, 3.8) is 0 Å². The Morgan fingerprint density at radius 1 is 0.880 bits per heavy atom. The van der Waals surface area contributed by atoms with Crippen LogP contribution in [0.25, 0.3) is 0 Å². The summed E-state index contributed by atoms with van der Waals surface area (Å²) in [5.74, 6) is 3.14. The first kappa shape index (κ1) is 17.5. The van der Waals surface area contributed by atoms with Crippen LogP contribution in [0.15, 0.2) is 12.1 Å². The van der Waals surface area contributed by atoms with Crippen LogP contribution in [-0.2, 0) is 12.8 Å². The molecule has 0 nitrogen and oxygen atoms in total. The van der Waals surface area contributed by atoms with E-state index in [1.54, 1.807) is 0 Å². The number of benzene rings is 1. The van der Waals surface area contributed by atoms with Gasteiger partial charge in [-0.2, -0.15) is 0 Å². The van der Waals surface area contributed by atoms with Crippen LogP contribution >= 0.6 is 0 Å². The largest absolute Gasteiger partial charge is 0.204 e. The SMILES string of the molecule is CCCC1CCC2CC(C3CCc4c(ccc(F)c4F)C3)CCC2C1. The van der Waals surface area contributed by atoms with E-state index in [9.17, 15) is 8.78 Å². The van der Waals surface area contributed by atoms with Gasteiger partial charge in [0.2, 0.25) is 0 Å². The zero-order chi connectivity index (χ0) is 17.4. The van der Waals surface area contributed by atoms with Gasteiger partial charge in [-0.25, -0.2) is 8.78 Å². The van der Waals surface area contributed by atoms with Crippen molar-refractivity contribution < 1.29 is 8.78 Å². The van der Waals surface area contributed by atoms with E-state index in [0.717, 1.165) is 48.5 Å². The first-order valence-corrected chi connectivity index (χ1v) is 10.6. The maximum atomic E-state index is 14.0. The maximum Gasteiger partial charge on any atom is 0.162 e. The first-order valence-electron chi connectivity index (χ1n) is 10.6. The molecule has 0 saturated heterocycles. The standard InChI is InChI=1S/C23H32F2/c1-2-3-15-4-5-17-13-18(7-6-16(17)12-15)19-8-10-21-20(14-19)9-11-22(24)23(21)25/h9,11,15-19H,2-8,10,12-14H2,1H3. The van der Waals surface area contributed by atoms with Gasteiger partial charge < -0.3 is 0 Å². The molecule has 1 aromatic carbocycles. The second-order valence-corrected chi connectivity index (χ2v) is 9.06.